The summed E-state index contributed by atoms with van der Waals surface area (Å²) >= 11 is 0. The lowest BCUT2D eigenvalue weighted by Gasteiger charge is -2.31. The summed E-state index contributed by atoms with van der Waals surface area (Å²) in [6, 6.07) is 0. The Morgan fingerprint density at radius 3 is 1.71 bits per heavy atom. The quantitative estimate of drug-likeness (QED) is 0.693. The van der Waals surface area contributed by atoms with Gasteiger partial charge in [0.2, 0.25) is 0 Å². The number of hydrogen-bond donors (Lipinski definition) is 0. The monoisotopic (exact) mass is 200 g/mol. The first-order valence-corrected chi connectivity index (χ1v) is 5.81. The van der Waals surface area contributed by atoms with Crippen LogP contribution >= 0.6 is 0 Å². The Labute approximate surface area is 88.0 Å². The van der Waals surface area contributed by atoms with Gasteiger partial charge in [-0.25, -0.2) is 0 Å². The summed E-state index contributed by atoms with van der Waals surface area (Å²) in [6.45, 7) is 9.48. The molecule has 0 aromatic carbocycles. The minimum atomic E-state index is 0.424. The third kappa shape index (κ3) is 4.43. The van der Waals surface area contributed by atoms with E-state index in [1.165, 1.54) is 0 Å². The fraction of sp³-hybridized carbons (Fsp3) is 1.00. The second kappa shape index (κ2) is 5.72. The van der Waals surface area contributed by atoms with Crippen LogP contribution < -0.4 is 0 Å². The maximum atomic E-state index is 5.58. The molecule has 2 heteroatoms. The first-order chi connectivity index (χ1) is 6.58. The standard InChI is InChI=1S/C12H24O2/c1-9(2)5-11-7-12(6-10(3)4)14-8-13-11/h9-12H,5-8H2,1-4H3. The van der Waals surface area contributed by atoms with E-state index in [2.05, 4.69) is 27.7 Å². The van der Waals surface area contributed by atoms with Crippen LogP contribution in [-0.4, -0.2) is 19.0 Å². The Kier molecular flexibility index (Phi) is 4.90. The molecule has 1 fully saturated rings. The molecule has 1 rings (SSSR count). The summed E-state index contributed by atoms with van der Waals surface area (Å²) in [5.74, 6) is 1.44. The molecule has 2 unspecified atom stereocenters. The molecular formula is C12H24O2. The van der Waals surface area contributed by atoms with E-state index in [9.17, 15) is 0 Å². The predicted octanol–water partition coefficient (Wildman–Crippen LogP) is 3.21. The van der Waals surface area contributed by atoms with Crippen molar-refractivity contribution in [3.63, 3.8) is 0 Å². The topological polar surface area (TPSA) is 18.5 Å². The maximum absolute atomic E-state index is 5.58. The molecule has 0 spiro atoms. The first-order valence-electron chi connectivity index (χ1n) is 5.81. The van der Waals surface area contributed by atoms with Crippen molar-refractivity contribution in [3.8, 4) is 0 Å². The van der Waals surface area contributed by atoms with E-state index in [0.717, 1.165) is 31.1 Å². The molecule has 2 atom stereocenters. The first kappa shape index (κ1) is 12.0. The van der Waals surface area contributed by atoms with E-state index in [-0.39, 0.29) is 0 Å². The summed E-state index contributed by atoms with van der Waals surface area (Å²) in [4.78, 5) is 0. The molecule has 0 aromatic heterocycles. The molecule has 0 radical (unpaired) electrons. The fourth-order valence-electron chi connectivity index (χ4n) is 2.04. The summed E-state index contributed by atoms with van der Waals surface area (Å²) in [7, 11) is 0. The zero-order valence-electron chi connectivity index (χ0n) is 9.95. The molecule has 0 aromatic rings. The van der Waals surface area contributed by atoms with Crippen molar-refractivity contribution >= 4 is 0 Å². The van der Waals surface area contributed by atoms with Crippen LogP contribution in [-0.2, 0) is 9.47 Å². The van der Waals surface area contributed by atoms with E-state index in [1.807, 2.05) is 0 Å². The SMILES string of the molecule is CC(C)CC1CC(CC(C)C)OCO1. The van der Waals surface area contributed by atoms with Gasteiger partial charge in [-0.05, 0) is 31.1 Å². The van der Waals surface area contributed by atoms with Crippen LogP contribution in [0, 0.1) is 11.8 Å². The Bertz CT molecular complexity index is 138. The van der Waals surface area contributed by atoms with Gasteiger partial charge in [0.1, 0.15) is 6.79 Å². The zero-order valence-corrected chi connectivity index (χ0v) is 9.95. The van der Waals surface area contributed by atoms with Crippen LogP contribution in [0.5, 0.6) is 0 Å². The highest BCUT2D eigenvalue weighted by Gasteiger charge is 2.24. The van der Waals surface area contributed by atoms with Crippen LogP contribution in [0.3, 0.4) is 0 Å². The highest BCUT2D eigenvalue weighted by molar-refractivity contribution is 4.71. The molecule has 0 saturated carbocycles. The summed E-state index contributed by atoms with van der Waals surface area (Å²) in [6.07, 6.45) is 4.26. The minimum absolute atomic E-state index is 0.424. The number of rotatable bonds is 4. The Morgan fingerprint density at radius 2 is 1.36 bits per heavy atom. The summed E-state index contributed by atoms with van der Waals surface area (Å²) < 4.78 is 11.2. The number of hydrogen-bond acceptors (Lipinski definition) is 2. The van der Waals surface area contributed by atoms with Crippen LogP contribution in [0.25, 0.3) is 0 Å². The second-order valence-electron chi connectivity index (χ2n) is 5.19. The van der Waals surface area contributed by atoms with Crippen molar-refractivity contribution in [1.82, 2.24) is 0 Å². The van der Waals surface area contributed by atoms with Gasteiger partial charge in [0.25, 0.3) is 0 Å². The van der Waals surface area contributed by atoms with Crippen molar-refractivity contribution in [3.05, 3.63) is 0 Å². The van der Waals surface area contributed by atoms with Crippen LogP contribution in [0.4, 0.5) is 0 Å². The van der Waals surface area contributed by atoms with Crippen molar-refractivity contribution in [2.75, 3.05) is 6.79 Å². The van der Waals surface area contributed by atoms with Gasteiger partial charge in [0, 0.05) is 0 Å². The Morgan fingerprint density at radius 1 is 0.929 bits per heavy atom. The molecule has 84 valence electrons. The molecular weight excluding hydrogens is 176 g/mol. The van der Waals surface area contributed by atoms with Gasteiger partial charge in [0.05, 0.1) is 12.2 Å². The second-order valence-corrected chi connectivity index (χ2v) is 5.19. The molecule has 0 aliphatic carbocycles. The van der Waals surface area contributed by atoms with E-state index < -0.39 is 0 Å². The van der Waals surface area contributed by atoms with Gasteiger partial charge in [0.15, 0.2) is 0 Å². The predicted molar refractivity (Wildman–Crippen MR) is 58.1 cm³/mol. The smallest absolute Gasteiger partial charge is 0.147 e. The Hall–Kier alpha value is -0.0800. The molecule has 2 nitrogen and oxygen atoms in total. The molecule has 1 aliphatic rings. The van der Waals surface area contributed by atoms with Crippen molar-refractivity contribution in [2.45, 2.75) is 59.2 Å². The average Bonchev–Trinajstić information content (AvgIpc) is 2.01. The third-order valence-electron chi connectivity index (χ3n) is 2.60. The summed E-state index contributed by atoms with van der Waals surface area (Å²) in [5.41, 5.74) is 0. The van der Waals surface area contributed by atoms with Gasteiger partial charge in [-0.2, -0.15) is 0 Å². The van der Waals surface area contributed by atoms with Crippen molar-refractivity contribution in [1.29, 1.82) is 0 Å². The minimum Gasteiger partial charge on any atom is -0.352 e. The van der Waals surface area contributed by atoms with E-state index in [1.54, 1.807) is 0 Å². The molecule has 1 heterocycles. The molecule has 1 saturated heterocycles. The van der Waals surface area contributed by atoms with Crippen molar-refractivity contribution in [2.24, 2.45) is 11.8 Å². The van der Waals surface area contributed by atoms with Crippen LogP contribution in [0.15, 0.2) is 0 Å². The van der Waals surface area contributed by atoms with Crippen LogP contribution in [0.2, 0.25) is 0 Å². The highest BCUT2D eigenvalue weighted by Crippen LogP contribution is 2.23. The molecule has 1 aliphatic heterocycles. The van der Waals surface area contributed by atoms with E-state index in [4.69, 9.17) is 9.47 Å². The van der Waals surface area contributed by atoms with Gasteiger partial charge in [-0.3, -0.25) is 0 Å². The van der Waals surface area contributed by atoms with E-state index in [0.29, 0.717) is 19.0 Å². The van der Waals surface area contributed by atoms with Gasteiger partial charge < -0.3 is 9.47 Å². The molecule has 14 heavy (non-hydrogen) atoms. The highest BCUT2D eigenvalue weighted by atomic mass is 16.7. The van der Waals surface area contributed by atoms with Gasteiger partial charge in [-0.15, -0.1) is 0 Å². The van der Waals surface area contributed by atoms with Crippen LogP contribution in [0.1, 0.15) is 47.0 Å². The van der Waals surface area contributed by atoms with Crippen molar-refractivity contribution < 1.29 is 9.47 Å². The molecule has 0 bridgehead atoms. The lowest BCUT2D eigenvalue weighted by atomic mass is 9.96. The maximum Gasteiger partial charge on any atom is 0.147 e. The number of ether oxygens (including phenoxy) is 2. The largest absolute Gasteiger partial charge is 0.352 e. The lowest BCUT2D eigenvalue weighted by molar-refractivity contribution is -0.182. The third-order valence-corrected chi connectivity index (χ3v) is 2.60. The normalized spacial score (nSPS) is 28.7. The Balaban J connectivity index is 2.28. The average molecular weight is 200 g/mol. The molecule has 0 amide bonds. The van der Waals surface area contributed by atoms with E-state index >= 15 is 0 Å². The lowest BCUT2D eigenvalue weighted by Crippen LogP contribution is -2.33. The fourth-order valence-corrected chi connectivity index (χ4v) is 2.04. The zero-order chi connectivity index (χ0) is 10.6. The van der Waals surface area contributed by atoms with Gasteiger partial charge in [-0.1, -0.05) is 27.7 Å². The summed E-state index contributed by atoms with van der Waals surface area (Å²) in [5, 5.41) is 0. The van der Waals surface area contributed by atoms with Gasteiger partial charge >= 0.3 is 0 Å². The molecule has 0 N–H and O–H groups in total.